The molecule has 2 N–H and O–H groups in total. The number of hydrogen-bond donors (Lipinski definition) is 2. The molecule has 1 saturated heterocycles. The number of nitrogens with zero attached hydrogens (tertiary/aromatic N) is 2. The van der Waals surface area contributed by atoms with E-state index in [1.165, 1.54) is 33.2 Å². The molecule has 1 aliphatic heterocycles. The fraction of sp³-hybridized carbons (Fsp3) is 0.462. The van der Waals surface area contributed by atoms with Gasteiger partial charge in [-0.1, -0.05) is 38.1 Å². The van der Waals surface area contributed by atoms with E-state index in [0.717, 1.165) is 0 Å². The first kappa shape index (κ1) is 23.7. The van der Waals surface area contributed by atoms with Crippen LogP contribution in [-0.2, 0) is 27.2 Å². The van der Waals surface area contributed by atoms with Crippen molar-refractivity contribution in [3.63, 3.8) is 0 Å². The average molecular weight is 465 g/mol. The zero-order valence-corrected chi connectivity index (χ0v) is 20.1. The summed E-state index contributed by atoms with van der Waals surface area (Å²) in [5.74, 6) is -0.770. The SMILES string of the molecule is CC(C)CC1C(=O)NC(C2Cc3ccccc3C2)C(=O)N1C(C(=O)N(C)C)c1ccc(=O)[nH]c1. The first-order valence-corrected chi connectivity index (χ1v) is 11.8. The molecular formula is C26H32N4O4. The second-order valence-corrected chi connectivity index (χ2v) is 9.94. The number of amides is 3. The summed E-state index contributed by atoms with van der Waals surface area (Å²) in [5.41, 5.74) is 2.55. The number of H-pyrrole nitrogens is 1. The zero-order chi connectivity index (χ0) is 24.6. The van der Waals surface area contributed by atoms with Gasteiger partial charge in [-0.05, 0) is 48.3 Å². The molecule has 3 amide bonds. The number of carbonyl (C=O) groups is 3. The molecule has 3 unspecified atom stereocenters. The van der Waals surface area contributed by atoms with Gasteiger partial charge in [-0.25, -0.2) is 0 Å². The first-order chi connectivity index (χ1) is 16.2. The number of likely N-dealkylation sites (N-methyl/N-ethyl adjacent to an activating group) is 1. The molecule has 34 heavy (non-hydrogen) atoms. The Morgan fingerprint density at radius 3 is 2.24 bits per heavy atom. The van der Waals surface area contributed by atoms with Crippen LogP contribution in [0.5, 0.6) is 0 Å². The number of piperazine rings is 1. The van der Waals surface area contributed by atoms with Crippen LogP contribution in [0.4, 0.5) is 0 Å². The molecule has 2 aliphatic rings. The van der Waals surface area contributed by atoms with Gasteiger partial charge in [0.15, 0.2) is 0 Å². The van der Waals surface area contributed by atoms with E-state index in [9.17, 15) is 19.2 Å². The van der Waals surface area contributed by atoms with Gasteiger partial charge in [0, 0.05) is 31.9 Å². The Bertz CT molecular complexity index is 1110. The molecule has 2 aromatic rings. The molecule has 0 bridgehead atoms. The van der Waals surface area contributed by atoms with Crippen LogP contribution in [-0.4, -0.2) is 58.7 Å². The van der Waals surface area contributed by atoms with E-state index in [-0.39, 0.29) is 35.1 Å². The van der Waals surface area contributed by atoms with E-state index in [1.807, 2.05) is 26.0 Å². The number of carbonyl (C=O) groups excluding carboxylic acids is 3. The fourth-order valence-corrected chi connectivity index (χ4v) is 5.13. The van der Waals surface area contributed by atoms with Crippen LogP contribution in [0.2, 0.25) is 0 Å². The van der Waals surface area contributed by atoms with Crippen molar-refractivity contribution in [3.05, 3.63) is 69.6 Å². The second kappa shape index (κ2) is 9.44. The number of hydrogen-bond acceptors (Lipinski definition) is 4. The Kier molecular flexibility index (Phi) is 6.59. The van der Waals surface area contributed by atoms with Gasteiger partial charge in [-0.2, -0.15) is 0 Å². The van der Waals surface area contributed by atoms with Crippen LogP contribution >= 0.6 is 0 Å². The van der Waals surface area contributed by atoms with Gasteiger partial charge in [0.2, 0.25) is 23.3 Å². The molecule has 1 aliphatic carbocycles. The lowest BCUT2D eigenvalue weighted by molar-refractivity contribution is -0.159. The molecule has 0 radical (unpaired) electrons. The average Bonchev–Trinajstić information content (AvgIpc) is 3.22. The van der Waals surface area contributed by atoms with Gasteiger partial charge in [0.25, 0.3) is 0 Å². The third-order valence-electron chi connectivity index (χ3n) is 6.78. The highest BCUT2D eigenvalue weighted by atomic mass is 16.2. The minimum Gasteiger partial charge on any atom is -0.347 e. The third-order valence-corrected chi connectivity index (χ3v) is 6.78. The van der Waals surface area contributed by atoms with Crippen molar-refractivity contribution in [1.29, 1.82) is 0 Å². The van der Waals surface area contributed by atoms with Crippen LogP contribution in [0.15, 0.2) is 47.4 Å². The van der Waals surface area contributed by atoms with E-state index in [2.05, 4.69) is 22.4 Å². The van der Waals surface area contributed by atoms with Crippen molar-refractivity contribution in [3.8, 4) is 0 Å². The predicted octanol–water partition coefficient (Wildman–Crippen LogP) is 1.66. The Hall–Kier alpha value is -3.42. The maximum absolute atomic E-state index is 14.1. The number of pyridine rings is 1. The van der Waals surface area contributed by atoms with E-state index in [1.54, 1.807) is 20.2 Å². The minimum atomic E-state index is -1.01. The molecule has 8 nitrogen and oxygen atoms in total. The number of aromatic amines is 1. The lowest BCUT2D eigenvalue weighted by Crippen LogP contribution is -2.67. The molecular weight excluding hydrogens is 432 g/mol. The van der Waals surface area contributed by atoms with E-state index in [0.29, 0.717) is 24.8 Å². The number of aromatic nitrogens is 1. The van der Waals surface area contributed by atoms with Gasteiger partial charge >= 0.3 is 0 Å². The fourth-order valence-electron chi connectivity index (χ4n) is 5.13. The van der Waals surface area contributed by atoms with Crippen molar-refractivity contribution in [2.24, 2.45) is 11.8 Å². The van der Waals surface area contributed by atoms with Crippen molar-refractivity contribution in [1.82, 2.24) is 20.1 Å². The Labute approximate surface area is 199 Å². The van der Waals surface area contributed by atoms with Gasteiger partial charge < -0.3 is 20.1 Å². The van der Waals surface area contributed by atoms with Crippen molar-refractivity contribution in [2.45, 2.75) is 51.2 Å². The molecule has 0 saturated carbocycles. The Morgan fingerprint density at radius 1 is 1.06 bits per heavy atom. The monoisotopic (exact) mass is 464 g/mol. The maximum Gasteiger partial charge on any atom is 0.249 e. The van der Waals surface area contributed by atoms with Crippen LogP contribution in [0.3, 0.4) is 0 Å². The number of fused-ring (bicyclic) bond motifs is 1. The normalized spacial score (nSPS) is 21.4. The minimum absolute atomic E-state index is 0.0814. The highest BCUT2D eigenvalue weighted by Gasteiger charge is 2.49. The number of nitrogens with one attached hydrogen (secondary N) is 2. The zero-order valence-electron chi connectivity index (χ0n) is 20.1. The Balaban J connectivity index is 1.76. The summed E-state index contributed by atoms with van der Waals surface area (Å²) in [4.78, 5) is 58.1. The van der Waals surface area contributed by atoms with Crippen LogP contribution in [0.25, 0.3) is 0 Å². The summed E-state index contributed by atoms with van der Waals surface area (Å²) >= 11 is 0. The van der Waals surface area contributed by atoms with Gasteiger partial charge in [-0.3, -0.25) is 19.2 Å². The highest BCUT2D eigenvalue weighted by molar-refractivity contribution is 6.00. The van der Waals surface area contributed by atoms with Crippen molar-refractivity contribution >= 4 is 17.7 Å². The quantitative estimate of drug-likeness (QED) is 0.679. The summed E-state index contributed by atoms with van der Waals surface area (Å²) in [6, 6.07) is 8.45. The van der Waals surface area contributed by atoms with E-state index in [4.69, 9.17) is 0 Å². The van der Waals surface area contributed by atoms with E-state index >= 15 is 0 Å². The molecule has 0 spiro atoms. The summed E-state index contributed by atoms with van der Waals surface area (Å²) in [6.45, 7) is 3.97. The highest BCUT2D eigenvalue weighted by Crippen LogP contribution is 2.35. The standard InChI is InChI=1S/C26H32N4O4/c1-15(2)11-20-24(32)28-22(19-12-16-7-5-6-8-17(16)13-19)25(33)30(20)23(26(34)29(3)4)18-9-10-21(31)27-14-18/h5-10,14-15,19-20,22-23H,11-13H2,1-4H3,(H,27,31)(H,28,32). The van der Waals surface area contributed by atoms with Crippen LogP contribution < -0.4 is 10.9 Å². The van der Waals surface area contributed by atoms with Crippen molar-refractivity contribution in [2.75, 3.05) is 14.1 Å². The second-order valence-electron chi connectivity index (χ2n) is 9.94. The van der Waals surface area contributed by atoms with E-state index < -0.39 is 18.1 Å². The molecule has 2 heterocycles. The van der Waals surface area contributed by atoms with Gasteiger partial charge in [0.1, 0.15) is 18.1 Å². The van der Waals surface area contributed by atoms with Crippen molar-refractivity contribution < 1.29 is 14.4 Å². The number of benzene rings is 1. The lowest BCUT2D eigenvalue weighted by Gasteiger charge is -2.45. The smallest absolute Gasteiger partial charge is 0.249 e. The predicted molar refractivity (Wildman–Crippen MR) is 128 cm³/mol. The first-order valence-electron chi connectivity index (χ1n) is 11.8. The number of rotatable bonds is 6. The largest absolute Gasteiger partial charge is 0.347 e. The molecule has 180 valence electrons. The summed E-state index contributed by atoms with van der Waals surface area (Å²) in [5, 5.41) is 3.00. The molecule has 1 aromatic heterocycles. The molecule has 3 atom stereocenters. The topological polar surface area (TPSA) is 103 Å². The van der Waals surface area contributed by atoms with Gasteiger partial charge in [-0.15, -0.1) is 0 Å². The van der Waals surface area contributed by atoms with Crippen LogP contribution in [0.1, 0.15) is 43.0 Å². The lowest BCUT2D eigenvalue weighted by atomic mass is 9.88. The third kappa shape index (κ3) is 4.49. The summed E-state index contributed by atoms with van der Waals surface area (Å²) < 4.78 is 0. The molecule has 1 fully saturated rings. The summed E-state index contributed by atoms with van der Waals surface area (Å²) in [7, 11) is 3.25. The molecule has 4 rings (SSSR count). The molecule has 1 aromatic carbocycles. The Morgan fingerprint density at radius 2 is 1.71 bits per heavy atom. The summed E-state index contributed by atoms with van der Waals surface area (Å²) in [6.07, 6.45) is 3.28. The van der Waals surface area contributed by atoms with Crippen LogP contribution in [0, 0.1) is 11.8 Å². The van der Waals surface area contributed by atoms with Gasteiger partial charge in [0.05, 0.1) is 0 Å². The molecule has 8 heteroatoms. The maximum atomic E-state index is 14.1.